The van der Waals surface area contributed by atoms with Crippen molar-refractivity contribution < 1.29 is 4.79 Å². The quantitative estimate of drug-likeness (QED) is 0.131. The largest absolute Gasteiger partial charge is 0.397 e. The van der Waals surface area contributed by atoms with Crippen LogP contribution in [-0.2, 0) is 22.0 Å². The van der Waals surface area contributed by atoms with Gasteiger partial charge < -0.3 is 5.73 Å². The molecule has 3 aromatic rings. The van der Waals surface area contributed by atoms with Crippen molar-refractivity contribution in [2.75, 3.05) is 12.3 Å². The summed E-state index contributed by atoms with van der Waals surface area (Å²) in [7, 11) is 0. The van der Waals surface area contributed by atoms with E-state index in [2.05, 4.69) is 87.5 Å². The predicted molar refractivity (Wildman–Crippen MR) is 167 cm³/mol. The topological polar surface area (TPSA) is 83.1 Å². The number of pyridine rings is 1. The molecule has 1 unspecified atom stereocenters. The van der Waals surface area contributed by atoms with Crippen LogP contribution in [0.15, 0.2) is 79.5 Å². The molecule has 0 saturated heterocycles. The van der Waals surface area contributed by atoms with E-state index in [0.29, 0.717) is 31.5 Å². The molecule has 0 bridgehead atoms. The van der Waals surface area contributed by atoms with Crippen molar-refractivity contribution in [1.29, 1.82) is 5.41 Å². The Balaban J connectivity index is 1.69. The molecular formula is C35H42N4O. The molecule has 3 N–H and O–H groups in total. The summed E-state index contributed by atoms with van der Waals surface area (Å²) in [6.07, 6.45) is 6.03. The van der Waals surface area contributed by atoms with Crippen LogP contribution < -0.4 is 5.73 Å². The zero-order valence-electron chi connectivity index (χ0n) is 24.6. The number of allylic oxidation sites excluding steroid dienone is 1. The van der Waals surface area contributed by atoms with E-state index in [-0.39, 0.29) is 22.6 Å². The van der Waals surface area contributed by atoms with Gasteiger partial charge in [0.05, 0.1) is 17.6 Å². The Hall–Kier alpha value is -4.17. The average Bonchev–Trinajstić information content (AvgIpc) is 2.94. The SMILES string of the molecule is C=CC(CC)(CCC(=N)N(CC)C(=O)C#CCc1ccc(C(C)(C)C)cc1)c1cccc(-c2ccc(N)cn2)c1. The highest BCUT2D eigenvalue weighted by molar-refractivity contribution is 6.05. The van der Waals surface area contributed by atoms with Crippen LogP contribution in [-0.4, -0.2) is 28.2 Å². The third kappa shape index (κ3) is 7.48. The van der Waals surface area contributed by atoms with E-state index < -0.39 is 0 Å². The monoisotopic (exact) mass is 534 g/mol. The van der Waals surface area contributed by atoms with E-state index in [1.807, 2.05) is 37.3 Å². The number of aromatic nitrogens is 1. The normalized spacial score (nSPS) is 12.5. The first kappa shape index (κ1) is 30.4. The summed E-state index contributed by atoms with van der Waals surface area (Å²) in [6, 6.07) is 20.4. The summed E-state index contributed by atoms with van der Waals surface area (Å²) in [5, 5.41) is 8.73. The number of carbonyl (C=O) groups is 1. The maximum atomic E-state index is 12.9. The van der Waals surface area contributed by atoms with E-state index >= 15 is 0 Å². The summed E-state index contributed by atoms with van der Waals surface area (Å²) >= 11 is 0. The predicted octanol–water partition coefficient (Wildman–Crippen LogP) is 7.31. The summed E-state index contributed by atoms with van der Waals surface area (Å²) in [5.41, 5.74) is 11.5. The van der Waals surface area contributed by atoms with Gasteiger partial charge in [-0.3, -0.25) is 20.1 Å². The van der Waals surface area contributed by atoms with Gasteiger partial charge in [-0.25, -0.2) is 0 Å². The van der Waals surface area contributed by atoms with Crippen LogP contribution in [0.1, 0.15) is 70.6 Å². The Morgan fingerprint density at radius 1 is 1.07 bits per heavy atom. The van der Waals surface area contributed by atoms with Crippen LogP contribution in [0.5, 0.6) is 0 Å². The van der Waals surface area contributed by atoms with Crippen LogP contribution in [0.2, 0.25) is 0 Å². The van der Waals surface area contributed by atoms with Crippen molar-refractivity contribution >= 4 is 17.4 Å². The number of nitrogens with one attached hydrogen (secondary N) is 1. The van der Waals surface area contributed by atoms with Gasteiger partial charge in [-0.1, -0.05) is 82.2 Å². The molecule has 208 valence electrons. The van der Waals surface area contributed by atoms with Crippen LogP contribution >= 0.6 is 0 Å². The second-order valence-electron chi connectivity index (χ2n) is 11.2. The molecular weight excluding hydrogens is 492 g/mol. The molecule has 1 aromatic heterocycles. The molecule has 5 heteroatoms. The van der Waals surface area contributed by atoms with E-state index in [1.54, 1.807) is 6.20 Å². The Bertz CT molecular complexity index is 1390. The highest BCUT2D eigenvalue weighted by atomic mass is 16.2. The molecule has 5 nitrogen and oxygen atoms in total. The van der Waals surface area contributed by atoms with Crippen molar-refractivity contribution in [3.8, 4) is 23.1 Å². The van der Waals surface area contributed by atoms with E-state index in [9.17, 15) is 4.79 Å². The molecule has 40 heavy (non-hydrogen) atoms. The Morgan fingerprint density at radius 2 is 1.80 bits per heavy atom. The number of carbonyl (C=O) groups excluding carboxylic acids is 1. The van der Waals surface area contributed by atoms with Gasteiger partial charge in [0.2, 0.25) is 0 Å². The summed E-state index contributed by atoms with van der Waals surface area (Å²) in [6.45, 7) is 15.1. The second kappa shape index (κ2) is 13.3. The number of anilines is 1. The molecule has 0 aliphatic heterocycles. The minimum Gasteiger partial charge on any atom is -0.397 e. The lowest BCUT2D eigenvalue weighted by atomic mass is 9.74. The maximum Gasteiger partial charge on any atom is 0.303 e. The fourth-order valence-electron chi connectivity index (χ4n) is 4.80. The third-order valence-corrected chi connectivity index (χ3v) is 7.54. The fourth-order valence-corrected chi connectivity index (χ4v) is 4.80. The van der Waals surface area contributed by atoms with Crippen molar-refractivity contribution in [3.05, 3.63) is 96.2 Å². The number of rotatable bonds is 9. The number of hydrogen-bond donors (Lipinski definition) is 2. The molecule has 0 saturated carbocycles. The number of benzene rings is 2. The van der Waals surface area contributed by atoms with Crippen LogP contribution in [0.25, 0.3) is 11.3 Å². The van der Waals surface area contributed by atoms with Gasteiger partial charge >= 0.3 is 5.91 Å². The Kier molecular flexibility index (Phi) is 10.1. The first-order chi connectivity index (χ1) is 19.0. The highest BCUT2D eigenvalue weighted by Gasteiger charge is 2.29. The van der Waals surface area contributed by atoms with Gasteiger partial charge in [0.15, 0.2) is 0 Å². The molecule has 0 fully saturated rings. The van der Waals surface area contributed by atoms with Gasteiger partial charge in [0.25, 0.3) is 0 Å². The fraction of sp³-hybridized carbons (Fsp3) is 0.343. The van der Waals surface area contributed by atoms with E-state index in [1.165, 1.54) is 10.5 Å². The van der Waals surface area contributed by atoms with Gasteiger partial charge in [-0.05, 0) is 66.0 Å². The standard InChI is InChI=1S/C35H42N4O/c1-7-35(8-2,29-14-11-13-27(24-29)31-21-20-30(36)25-38-31)23-22-32(37)39(9-3)33(40)15-10-12-26-16-18-28(19-17-26)34(4,5)6/h7,11,13-14,16-21,24-25,37H,1,8-9,12,22-23,36H2,2-6H3. The van der Waals surface area contributed by atoms with E-state index in [4.69, 9.17) is 11.1 Å². The second-order valence-corrected chi connectivity index (χ2v) is 11.2. The van der Waals surface area contributed by atoms with Crippen molar-refractivity contribution in [3.63, 3.8) is 0 Å². The lowest BCUT2D eigenvalue weighted by molar-refractivity contribution is -0.121. The number of amidine groups is 1. The molecule has 0 spiro atoms. The summed E-state index contributed by atoms with van der Waals surface area (Å²) in [5.74, 6) is 5.70. The number of nitrogens with zero attached hydrogens (tertiary/aromatic N) is 2. The maximum absolute atomic E-state index is 12.9. The lowest BCUT2D eigenvalue weighted by Crippen LogP contribution is -2.36. The first-order valence-corrected chi connectivity index (χ1v) is 14.0. The number of nitrogens with two attached hydrogens (primary N) is 1. The van der Waals surface area contributed by atoms with Gasteiger partial charge in [-0.15, -0.1) is 6.58 Å². The zero-order chi connectivity index (χ0) is 29.3. The molecule has 0 radical (unpaired) electrons. The average molecular weight is 535 g/mol. The molecule has 0 aliphatic rings. The van der Waals surface area contributed by atoms with Crippen molar-refractivity contribution in [1.82, 2.24) is 9.88 Å². The zero-order valence-corrected chi connectivity index (χ0v) is 24.6. The first-order valence-electron chi connectivity index (χ1n) is 14.0. The van der Waals surface area contributed by atoms with Gasteiger partial charge in [-0.2, -0.15) is 0 Å². The third-order valence-electron chi connectivity index (χ3n) is 7.54. The van der Waals surface area contributed by atoms with Crippen molar-refractivity contribution in [2.45, 2.75) is 71.1 Å². The number of amides is 1. The van der Waals surface area contributed by atoms with E-state index in [0.717, 1.165) is 28.8 Å². The highest BCUT2D eigenvalue weighted by Crippen LogP contribution is 2.36. The smallest absolute Gasteiger partial charge is 0.303 e. The summed E-state index contributed by atoms with van der Waals surface area (Å²) in [4.78, 5) is 18.9. The number of nitrogen functional groups attached to an aromatic ring is 1. The Labute approximate surface area is 240 Å². The molecule has 1 atom stereocenters. The minimum atomic E-state index is -0.344. The lowest BCUT2D eigenvalue weighted by Gasteiger charge is -2.31. The minimum absolute atomic E-state index is 0.0973. The Morgan fingerprint density at radius 3 is 2.38 bits per heavy atom. The molecule has 3 rings (SSSR count). The van der Waals surface area contributed by atoms with Crippen molar-refractivity contribution in [2.24, 2.45) is 0 Å². The van der Waals surface area contributed by atoms with Crippen LogP contribution in [0.3, 0.4) is 0 Å². The van der Waals surface area contributed by atoms with Crippen LogP contribution in [0.4, 0.5) is 5.69 Å². The van der Waals surface area contributed by atoms with Gasteiger partial charge in [0, 0.05) is 30.4 Å². The molecule has 1 amide bonds. The number of hydrogen-bond acceptors (Lipinski definition) is 4. The van der Waals surface area contributed by atoms with Gasteiger partial charge in [0.1, 0.15) is 5.84 Å². The molecule has 0 aliphatic carbocycles. The summed E-state index contributed by atoms with van der Waals surface area (Å²) < 4.78 is 0. The molecule has 2 aromatic carbocycles. The molecule has 1 heterocycles. The van der Waals surface area contributed by atoms with Crippen LogP contribution in [0, 0.1) is 17.3 Å².